The van der Waals surface area contributed by atoms with Gasteiger partial charge in [0.1, 0.15) is 0 Å². The first kappa shape index (κ1) is 11.4. The molecule has 0 atom stereocenters. The molecule has 1 N–H and O–H groups in total. The molecular weight excluding hydrogens is 194 g/mol. The fourth-order valence-electron chi connectivity index (χ4n) is 2.25. The van der Waals surface area contributed by atoms with Crippen LogP contribution < -0.4 is 4.90 Å². The number of piperidine rings is 1. The lowest BCUT2D eigenvalue weighted by molar-refractivity contribution is -0.885. The molecule has 1 heteroatoms. The molecule has 1 aromatic rings. The number of nitrogens with one attached hydrogen (secondary N) is 1. The zero-order valence-corrected chi connectivity index (χ0v) is 10.4. The SMILES string of the molecule is Cc1ccc(/C=C/C2CC[NH+](C)CC2)cc1. The molecule has 2 rings (SSSR count). The Bertz CT molecular complexity index is 342. The lowest BCUT2D eigenvalue weighted by Gasteiger charge is -2.24. The van der Waals surface area contributed by atoms with Crippen molar-refractivity contribution in [2.45, 2.75) is 19.8 Å². The molecule has 0 aliphatic carbocycles. The van der Waals surface area contributed by atoms with Gasteiger partial charge in [0, 0.05) is 12.8 Å². The quantitative estimate of drug-likeness (QED) is 0.770. The minimum Gasteiger partial charge on any atom is -0.337 e. The van der Waals surface area contributed by atoms with Gasteiger partial charge in [-0.05, 0) is 18.4 Å². The van der Waals surface area contributed by atoms with E-state index in [0.29, 0.717) is 0 Å². The Kier molecular flexibility index (Phi) is 3.79. The van der Waals surface area contributed by atoms with Crippen LogP contribution in [0.4, 0.5) is 0 Å². The van der Waals surface area contributed by atoms with Crippen LogP contribution in [0.5, 0.6) is 0 Å². The highest BCUT2D eigenvalue weighted by Crippen LogP contribution is 2.14. The van der Waals surface area contributed by atoms with Gasteiger partial charge in [0.2, 0.25) is 0 Å². The lowest BCUT2D eigenvalue weighted by atomic mass is 9.96. The van der Waals surface area contributed by atoms with Gasteiger partial charge in [0.15, 0.2) is 0 Å². The Morgan fingerprint density at radius 1 is 1.12 bits per heavy atom. The van der Waals surface area contributed by atoms with Gasteiger partial charge in [-0.15, -0.1) is 0 Å². The average molecular weight is 216 g/mol. The standard InChI is InChI=1S/C15H21N/c1-13-3-5-14(6-4-13)7-8-15-9-11-16(2)12-10-15/h3-8,15H,9-12H2,1-2H3/p+1/b8-7+. The lowest BCUT2D eigenvalue weighted by Crippen LogP contribution is -3.10. The summed E-state index contributed by atoms with van der Waals surface area (Å²) in [6.45, 7) is 4.78. The van der Waals surface area contributed by atoms with Crippen molar-refractivity contribution in [3.63, 3.8) is 0 Å². The topological polar surface area (TPSA) is 4.44 Å². The highest BCUT2D eigenvalue weighted by Gasteiger charge is 2.16. The molecule has 16 heavy (non-hydrogen) atoms. The summed E-state index contributed by atoms with van der Waals surface area (Å²) < 4.78 is 0. The average Bonchev–Trinajstić information content (AvgIpc) is 2.30. The van der Waals surface area contributed by atoms with Gasteiger partial charge in [-0.25, -0.2) is 0 Å². The monoisotopic (exact) mass is 216 g/mol. The molecule has 0 saturated carbocycles. The second-order valence-electron chi connectivity index (χ2n) is 5.06. The number of likely N-dealkylation sites (tertiary alicyclic amines) is 1. The maximum atomic E-state index is 2.40. The third-order valence-corrected chi connectivity index (χ3v) is 3.52. The van der Waals surface area contributed by atoms with Crippen LogP contribution in [-0.4, -0.2) is 20.1 Å². The summed E-state index contributed by atoms with van der Waals surface area (Å²) in [4.78, 5) is 1.68. The van der Waals surface area contributed by atoms with Crippen LogP contribution in [0.15, 0.2) is 30.3 Å². The number of rotatable bonds is 2. The molecule has 1 aliphatic heterocycles. The van der Waals surface area contributed by atoms with Crippen LogP contribution in [0.1, 0.15) is 24.0 Å². The van der Waals surface area contributed by atoms with E-state index >= 15 is 0 Å². The van der Waals surface area contributed by atoms with Crippen molar-refractivity contribution < 1.29 is 4.90 Å². The third-order valence-electron chi connectivity index (χ3n) is 3.52. The van der Waals surface area contributed by atoms with Crippen molar-refractivity contribution in [1.82, 2.24) is 0 Å². The molecule has 0 amide bonds. The summed E-state index contributed by atoms with van der Waals surface area (Å²) in [5.74, 6) is 0.796. The molecule has 1 heterocycles. The largest absolute Gasteiger partial charge is 0.337 e. The Labute approximate surface area is 98.8 Å². The van der Waals surface area contributed by atoms with Crippen molar-refractivity contribution in [3.8, 4) is 0 Å². The van der Waals surface area contributed by atoms with Gasteiger partial charge >= 0.3 is 0 Å². The summed E-state index contributed by atoms with van der Waals surface area (Å²) in [6.07, 6.45) is 7.37. The van der Waals surface area contributed by atoms with Crippen molar-refractivity contribution >= 4 is 6.08 Å². The number of benzene rings is 1. The van der Waals surface area contributed by atoms with Crippen LogP contribution in [0, 0.1) is 12.8 Å². The van der Waals surface area contributed by atoms with Gasteiger partial charge < -0.3 is 4.90 Å². The van der Waals surface area contributed by atoms with Crippen LogP contribution in [0.3, 0.4) is 0 Å². The fraction of sp³-hybridized carbons (Fsp3) is 0.467. The zero-order chi connectivity index (χ0) is 11.4. The van der Waals surface area contributed by atoms with Crippen molar-refractivity contribution in [2.75, 3.05) is 20.1 Å². The predicted octanol–water partition coefficient (Wildman–Crippen LogP) is 1.93. The van der Waals surface area contributed by atoms with Crippen LogP contribution in [0.2, 0.25) is 0 Å². The van der Waals surface area contributed by atoms with E-state index in [1.807, 2.05) is 0 Å². The van der Waals surface area contributed by atoms with Crippen LogP contribution in [-0.2, 0) is 0 Å². The second kappa shape index (κ2) is 5.31. The number of aryl methyl sites for hydroxylation is 1. The Morgan fingerprint density at radius 2 is 1.75 bits per heavy atom. The van der Waals surface area contributed by atoms with E-state index in [2.05, 4.69) is 50.4 Å². The normalized spacial score (nSPS) is 26.1. The molecule has 0 aromatic heterocycles. The number of quaternary nitrogens is 1. The highest BCUT2D eigenvalue weighted by atomic mass is 15.1. The van der Waals surface area contributed by atoms with Gasteiger partial charge in [-0.2, -0.15) is 0 Å². The molecule has 1 fully saturated rings. The molecule has 1 nitrogen and oxygen atoms in total. The van der Waals surface area contributed by atoms with E-state index in [0.717, 1.165) is 5.92 Å². The second-order valence-corrected chi connectivity index (χ2v) is 5.06. The first-order valence-corrected chi connectivity index (χ1v) is 6.30. The number of hydrogen-bond acceptors (Lipinski definition) is 0. The van der Waals surface area contributed by atoms with Crippen molar-refractivity contribution in [1.29, 1.82) is 0 Å². The molecule has 0 radical (unpaired) electrons. The van der Waals surface area contributed by atoms with Crippen LogP contribution in [0.25, 0.3) is 6.08 Å². The van der Waals surface area contributed by atoms with Crippen LogP contribution >= 0.6 is 0 Å². The summed E-state index contributed by atoms with van der Waals surface area (Å²) in [5, 5.41) is 0. The molecule has 86 valence electrons. The minimum atomic E-state index is 0.796. The summed E-state index contributed by atoms with van der Waals surface area (Å²) in [6, 6.07) is 8.76. The van der Waals surface area contributed by atoms with Gasteiger partial charge in [-0.1, -0.05) is 42.0 Å². The predicted molar refractivity (Wildman–Crippen MR) is 69.6 cm³/mol. The van der Waals surface area contributed by atoms with Crippen molar-refractivity contribution in [3.05, 3.63) is 41.5 Å². The summed E-state index contributed by atoms with van der Waals surface area (Å²) in [5.41, 5.74) is 2.66. The maximum Gasteiger partial charge on any atom is 0.0774 e. The van der Waals surface area contributed by atoms with E-state index in [-0.39, 0.29) is 0 Å². The maximum absolute atomic E-state index is 2.40. The summed E-state index contributed by atoms with van der Waals surface area (Å²) in [7, 11) is 2.29. The molecule has 1 aliphatic rings. The molecule has 0 bridgehead atoms. The van der Waals surface area contributed by atoms with E-state index in [9.17, 15) is 0 Å². The molecular formula is C15H22N+. The van der Waals surface area contributed by atoms with E-state index in [1.54, 1.807) is 4.90 Å². The van der Waals surface area contributed by atoms with E-state index in [1.165, 1.54) is 37.1 Å². The first-order valence-electron chi connectivity index (χ1n) is 6.30. The Morgan fingerprint density at radius 3 is 2.38 bits per heavy atom. The molecule has 1 aromatic carbocycles. The molecule has 0 spiro atoms. The number of allylic oxidation sites excluding steroid dienone is 1. The third kappa shape index (κ3) is 3.21. The van der Waals surface area contributed by atoms with Gasteiger partial charge in [0.25, 0.3) is 0 Å². The van der Waals surface area contributed by atoms with E-state index in [4.69, 9.17) is 0 Å². The minimum absolute atomic E-state index is 0.796. The Hall–Kier alpha value is -1.08. The molecule has 1 saturated heterocycles. The summed E-state index contributed by atoms with van der Waals surface area (Å²) >= 11 is 0. The smallest absolute Gasteiger partial charge is 0.0774 e. The Balaban J connectivity index is 1.91. The highest BCUT2D eigenvalue weighted by molar-refractivity contribution is 5.49. The van der Waals surface area contributed by atoms with E-state index < -0.39 is 0 Å². The fourth-order valence-corrected chi connectivity index (χ4v) is 2.25. The first-order chi connectivity index (χ1) is 7.74. The van der Waals surface area contributed by atoms with Gasteiger partial charge in [0.05, 0.1) is 20.1 Å². The van der Waals surface area contributed by atoms with Gasteiger partial charge in [-0.3, -0.25) is 0 Å². The molecule has 0 unspecified atom stereocenters. The zero-order valence-electron chi connectivity index (χ0n) is 10.4. The van der Waals surface area contributed by atoms with Crippen molar-refractivity contribution in [2.24, 2.45) is 5.92 Å². The number of hydrogen-bond donors (Lipinski definition) is 1.